The molecule has 1 rings (SSSR count). The van der Waals surface area contributed by atoms with Crippen molar-refractivity contribution in [2.24, 2.45) is 0 Å². The summed E-state index contributed by atoms with van der Waals surface area (Å²) in [6.07, 6.45) is 5.93. The Labute approximate surface area is 130 Å². The summed E-state index contributed by atoms with van der Waals surface area (Å²) in [7, 11) is -4.07. The molecule has 0 radical (unpaired) electrons. The predicted molar refractivity (Wildman–Crippen MR) is 88.3 cm³/mol. The van der Waals surface area contributed by atoms with Gasteiger partial charge in [-0.25, -0.2) is 0 Å². The van der Waals surface area contributed by atoms with Crippen molar-refractivity contribution >= 4 is 25.0 Å². The van der Waals surface area contributed by atoms with E-state index in [0.29, 0.717) is 0 Å². The van der Waals surface area contributed by atoms with Crippen LogP contribution in [0.3, 0.4) is 0 Å². The third-order valence-corrected chi connectivity index (χ3v) is 4.19. The molecule has 1 aromatic rings. The molecule has 2 N–H and O–H groups in total. The molecule has 1 heterocycles. The second-order valence-electron chi connectivity index (χ2n) is 5.26. The van der Waals surface area contributed by atoms with Crippen LogP contribution in [0, 0.1) is 0 Å². The maximum Gasteiger partial charge on any atom is 0.350 e. The van der Waals surface area contributed by atoms with Crippen LogP contribution in [-0.4, -0.2) is 16.1 Å². The molecule has 0 saturated heterocycles. The second kappa shape index (κ2) is 8.66. The van der Waals surface area contributed by atoms with Crippen LogP contribution >= 0.6 is 18.9 Å². The fourth-order valence-corrected chi connectivity index (χ4v) is 3.02. The lowest BCUT2D eigenvalue weighted by atomic mass is 10.1. The summed E-state index contributed by atoms with van der Waals surface area (Å²) in [5.41, 5.74) is 2.65. The van der Waals surface area contributed by atoms with Crippen LogP contribution in [0.25, 0.3) is 6.08 Å². The molecule has 6 heteroatoms. The minimum Gasteiger partial charge on any atom is -0.363 e. The highest BCUT2D eigenvalue weighted by molar-refractivity contribution is 7.51. The third-order valence-electron chi connectivity index (χ3n) is 2.67. The van der Waals surface area contributed by atoms with Gasteiger partial charge in [0.25, 0.3) is 0 Å². The zero-order chi connectivity index (χ0) is 15.9. The molecule has 0 unspecified atom stereocenters. The smallest absolute Gasteiger partial charge is 0.350 e. The monoisotopic (exact) mass is 330 g/mol. The molecular formula is C15H23O4PS. The van der Waals surface area contributed by atoms with Gasteiger partial charge in [0.15, 0.2) is 0 Å². The van der Waals surface area contributed by atoms with Gasteiger partial charge in [-0.15, -0.1) is 11.3 Å². The van der Waals surface area contributed by atoms with Gasteiger partial charge in [-0.3, -0.25) is 4.57 Å². The number of allylic oxidation sites excluding steroid dienone is 3. The zero-order valence-electron chi connectivity index (χ0n) is 12.7. The van der Waals surface area contributed by atoms with Crippen molar-refractivity contribution in [2.75, 3.05) is 6.35 Å². The van der Waals surface area contributed by atoms with Gasteiger partial charge in [0.2, 0.25) is 0 Å². The van der Waals surface area contributed by atoms with Crippen molar-refractivity contribution in [1.82, 2.24) is 0 Å². The van der Waals surface area contributed by atoms with E-state index in [9.17, 15) is 4.57 Å². The van der Waals surface area contributed by atoms with Gasteiger partial charge in [-0.05, 0) is 51.8 Å². The van der Waals surface area contributed by atoms with Crippen LogP contribution in [0.4, 0.5) is 0 Å². The van der Waals surface area contributed by atoms with Crippen LogP contribution < -0.4 is 0 Å². The molecule has 4 nitrogen and oxygen atoms in total. The van der Waals surface area contributed by atoms with Gasteiger partial charge in [-0.2, -0.15) is 0 Å². The van der Waals surface area contributed by atoms with E-state index in [4.69, 9.17) is 14.5 Å². The molecule has 21 heavy (non-hydrogen) atoms. The lowest BCUT2D eigenvalue weighted by Crippen LogP contribution is -1.94. The van der Waals surface area contributed by atoms with E-state index in [1.165, 1.54) is 11.1 Å². The number of hydrogen-bond acceptors (Lipinski definition) is 3. The molecule has 0 fully saturated rings. The number of hydrogen-bond donors (Lipinski definition) is 2. The quantitative estimate of drug-likeness (QED) is 0.542. The number of rotatable bonds is 8. The normalized spacial score (nSPS) is 12.5. The lowest BCUT2D eigenvalue weighted by Gasteiger charge is -2.03. The van der Waals surface area contributed by atoms with Gasteiger partial charge in [-0.1, -0.05) is 17.2 Å². The molecular weight excluding hydrogens is 307 g/mol. The lowest BCUT2D eigenvalue weighted by molar-refractivity contribution is 0.147. The molecule has 0 aliphatic rings. The molecule has 1 aromatic heterocycles. The van der Waals surface area contributed by atoms with Gasteiger partial charge in [0.05, 0.1) is 6.61 Å². The molecule has 0 bridgehead atoms. The Balaban J connectivity index is 2.47. The van der Waals surface area contributed by atoms with Crippen molar-refractivity contribution < 1.29 is 19.1 Å². The van der Waals surface area contributed by atoms with E-state index < -0.39 is 13.9 Å². The topological polar surface area (TPSA) is 66.8 Å². The Hall–Kier alpha value is -0.710. The molecule has 0 aliphatic heterocycles. The van der Waals surface area contributed by atoms with Crippen molar-refractivity contribution in [1.29, 1.82) is 0 Å². The minimum atomic E-state index is -4.07. The summed E-state index contributed by atoms with van der Waals surface area (Å²) in [6, 6.07) is 3.94. The average molecular weight is 330 g/mol. The van der Waals surface area contributed by atoms with Gasteiger partial charge >= 0.3 is 7.60 Å². The standard InChI is InChI=1S/C15H23O4PS/c1-12(2)5-4-6-13(3)9-14-7-8-15(21-14)10-19-11-20(16,17)18/h5,7-9H,4,6,10-11H2,1-3H3,(H2,16,17,18)/b13-9+. The molecule has 0 aromatic carbocycles. The molecule has 0 spiro atoms. The maximum absolute atomic E-state index is 10.7. The Morgan fingerprint density at radius 3 is 2.67 bits per heavy atom. The fourth-order valence-electron chi connectivity index (χ4n) is 1.72. The van der Waals surface area contributed by atoms with E-state index >= 15 is 0 Å². The van der Waals surface area contributed by atoms with Gasteiger partial charge < -0.3 is 14.5 Å². The van der Waals surface area contributed by atoms with E-state index in [1.807, 2.05) is 12.1 Å². The van der Waals surface area contributed by atoms with Crippen molar-refractivity contribution in [3.63, 3.8) is 0 Å². The van der Waals surface area contributed by atoms with Gasteiger partial charge in [0.1, 0.15) is 6.35 Å². The van der Waals surface area contributed by atoms with Crippen LogP contribution in [0.5, 0.6) is 0 Å². The highest BCUT2D eigenvalue weighted by Crippen LogP contribution is 2.34. The number of thiophene rings is 1. The average Bonchev–Trinajstić information content (AvgIpc) is 2.74. The SMILES string of the molecule is CC(C)=CCC/C(C)=C/c1ccc(COCP(=O)(O)O)s1. The first-order valence-electron chi connectivity index (χ1n) is 6.78. The first-order valence-corrected chi connectivity index (χ1v) is 9.39. The summed E-state index contributed by atoms with van der Waals surface area (Å²) in [5, 5.41) is 0. The summed E-state index contributed by atoms with van der Waals surface area (Å²) < 4.78 is 15.7. The highest BCUT2D eigenvalue weighted by Gasteiger charge is 2.12. The zero-order valence-corrected chi connectivity index (χ0v) is 14.4. The van der Waals surface area contributed by atoms with Crippen molar-refractivity contribution in [3.8, 4) is 0 Å². The molecule has 0 atom stereocenters. The van der Waals surface area contributed by atoms with Crippen molar-refractivity contribution in [3.05, 3.63) is 39.1 Å². The first-order chi connectivity index (χ1) is 9.76. The predicted octanol–water partition coefficient (Wildman–Crippen LogP) is 4.55. The minimum absolute atomic E-state index is 0.237. The van der Waals surface area contributed by atoms with Crippen molar-refractivity contribution in [2.45, 2.75) is 40.2 Å². The van der Waals surface area contributed by atoms with Gasteiger partial charge in [0, 0.05) is 9.75 Å². The fraction of sp³-hybridized carbons (Fsp3) is 0.467. The summed E-state index contributed by atoms with van der Waals surface area (Å²) in [5.74, 6) is 0. The van der Waals surface area contributed by atoms with E-state index in [0.717, 1.165) is 22.6 Å². The Morgan fingerprint density at radius 1 is 1.33 bits per heavy atom. The third kappa shape index (κ3) is 9.02. The molecule has 0 aliphatic carbocycles. The Morgan fingerprint density at radius 2 is 2.05 bits per heavy atom. The van der Waals surface area contributed by atoms with E-state index in [-0.39, 0.29) is 6.61 Å². The highest BCUT2D eigenvalue weighted by atomic mass is 32.1. The maximum atomic E-state index is 10.7. The Kier molecular flexibility index (Phi) is 7.57. The van der Waals surface area contributed by atoms with E-state index in [2.05, 4.69) is 32.9 Å². The summed E-state index contributed by atoms with van der Waals surface area (Å²) >= 11 is 1.58. The summed E-state index contributed by atoms with van der Waals surface area (Å²) in [4.78, 5) is 19.5. The second-order valence-corrected chi connectivity index (χ2v) is 8.04. The Bertz CT molecular complexity index is 550. The summed E-state index contributed by atoms with van der Waals surface area (Å²) in [6.45, 7) is 6.55. The molecule has 118 valence electrons. The van der Waals surface area contributed by atoms with Crippen LogP contribution in [-0.2, 0) is 15.9 Å². The first kappa shape index (κ1) is 18.3. The van der Waals surface area contributed by atoms with Crippen LogP contribution in [0.2, 0.25) is 0 Å². The van der Waals surface area contributed by atoms with Crippen LogP contribution in [0.15, 0.2) is 29.4 Å². The molecule has 0 saturated carbocycles. The van der Waals surface area contributed by atoms with Crippen LogP contribution in [0.1, 0.15) is 43.4 Å². The largest absolute Gasteiger partial charge is 0.363 e. The molecule has 0 amide bonds. The van der Waals surface area contributed by atoms with E-state index in [1.54, 1.807) is 11.3 Å². The number of ether oxygens (including phenoxy) is 1.